The van der Waals surface area contributed by atoms with Crippen LogP contribution in [0.2, 0.25) is 0 Å². The van der Waals surface area contributed by atoms with Gasteiger partial charge in [-0.25, -0.2) is 19.3 Å². The van der Waals surface area contributed by atoms with E-state index in [1.807, 2.05) is 25.4 Å². The predicted octanol–water partition coefficient (Wildman–Crippen LogP) is 4.05. The average Bonchev–Trinajstić information content (AvgIpc) is 3.05. The van der Waals surface area contributed by atoms with Gasteiger partial charge in [-0.05, 0) is 42.8 Å². The Morgan fingerprint density at radius 1 is 1.11 bits per heavy atom. The lowest BCUT2D eigenvalue weighted by Gasteiger charge is -2.10. The monoisotopic (exact) mass is 362 g/mol. The normalized spacial score (nSPS) is 11.1. The van der Waals surface area contributed by atoms with Crippen LogP contribution in [0.3, 0.4) is 0 Å². The van der Waals surface area contributed by atoms with Gasteiger partial charge in [0.05, 0.1) is 11.4 Å². The van der Waals surface area contributed by atoms with E-state index in [2.05, 4.69) is 27.3 Å². The van der Waals surface area contributed by atoms with Crippen molar-refractivity contribution in [2.75, 3.05) is 11.9 Å². The Labute approximate surface area is 156 Å². The van der Waals surface area contributed by atoms with Crippen LogP contribution in [0.15, 0.2) is 48.8 Å². The second-order valence-corrected chi connectivity index (χ2v) is 6.30. The molecule has 1 aromatic carbocycles. The number of halogens is 1. The van der Waals surface area contributed by atoms with Gasteiger partial charge in [-0.2, -0.15) is 5.10 Å². The molecule has 0 atom stereocenters. The van der Waals surface area contributed by atoms with Gasteiger partial charge >= 0.3 is 0 Å². The van der Waals surface area contributed by atoms with Crippen molar-refractivity contribution in [3.8, 4) is 22.5 Å². The molecular weight excluding hydrogens is 343 g/mol. The molecule has 0 amide bonds. The highest BCUT2D eigenvalue weighted by molar-refractivity contribution is 5.89. The highest BCUT2D eigenvalue weighted by atomic mass is 19.1. The number of pyridine rings is 1. The fraction of sp³-hybridized carbons (Fsp3) is 0.200. The van der Waals surface area contributed by atoms with Gasteiger partial charge in [0.25, 0.3) is 0 Å². The summed E-state index contributed by atoms with van der Waals surface area (Å²) in [5, 5.41) is 8.52. The van der Waals surface area contributed by atoms with Crippen LogP contribution in [-0.2, 0) is 7.05 Å². The highest BCUT2D eigenvalue weighted by Gasteiger charge is 2.15. The highest BCUT2D eigenvalue weighted by Crippen LogP contribution is 2.32. The third kappa shape index (κ3) is 3.48. The van der Waals surface area contributed by atoms with Gasteiger partial charge in [0, 0.05) is 42.5 Å². The zero-order chi connectivity index (χ0) is 18.8. The number of fused-ring (bicyclic) bond motifs is 1. The van der Waals surface area contributed by atoms with E-state index in [9.17, 15) is 4.39 Å². The summed E-state index contributed by atoms with van der Waals surface area (Å²) in [4.78, 5) is 13.6. The minimum Gasteiger partial charge on any atom is -0.354 e. The van der Waals surface area contributed by atoms with Crippen LogP contribution in [0.1, 0.15) is 13.3 Å². The molecule has 3 heterocycles. The molecule has 0 fully saturated rings. The molecule has 4 rings (SSSR count). The minimum atomic E-state index is -0.285. The third-order valence-electron chi connectivity index (χ3n) is 4.19. The first-order chi connectivity index (χ1) is 13.1. The first kappa shape index (κ1) is 17.1. The molecule has 0 spiro atoms. The van der Waals surface area contributed by atoms with Crippen LogP contribution in [0.4, 0.5) is 10.3 Å². The maximum absolute atomic E-state index is 13.4. The Bertz CT molecular complexity index is 1090. The van der Waals surface area contributed by atoms with Crippen LogP contribution in [0.5, 0.6) is 0 Å². The zero-order valence-corrected chi connectivity index (χ0v) is 15.1. The van der Waals surface area contributed by atoms with Gasteiger partial charge in [-0.3, -0.25) is 4.68 Å². The maximum Gasteiger partial charge on any atom is 0.223 e. The second-order valence-electron chi connectivity index (χ2n) is 6.30. The van der Waals surface area contributed by atoms with Gasteiger partial charge in [-0.15, -0.1) is 0 Å². The maximum atomic E-state index is 13.4. The van der Waals surface area contributed by atoms with Gasteiger partial charge in [0.15, 0.2) is 5.65 Å². The molecule has 7 heteroatoms. The molecule has 136 valence electrons. The van der Waals surface area contributed by atoms with Gasteiger partial charge in [-0.1, -0.05) is 6.92 Å². The van der Waals surface area contributed by atoms with Crippen molar-refractivity contribution in [1.29, 1.82) is 0 Å². The summed E-state index contributed by atoms with van der Waals surface area (Å²) in [6, 6.07) is 10.2. The van der Waals surface area contributed by atoms with E-state index in [0.717, 1.165) is 35.2 Å². The Balaban J connectivity index is 1.90. The lowest BCUT2D eigenvalue weighted by Crippen LogP contribution is -2.04. The lowest BCUT2D eigenvalue weighted by atomic mass is 10.0. The number of nitrogens with one attached hydrogen (secondary N) is 1. The van der Waals surface area contributed by atoms with Crippen LogP contribution < -0.4 is 5.32 Å². The SMILES string of the molecule is CCCNc1nccc(-c2cc3cn(C)nc3nc2-c2ccc(F)cc2)n1. The molecule has 0 saturated carbocycles. The minimum absolute atomic E-state index is 0.285. The summed E-state index contributed by atoms with van der Waals surface area (Å²) in [5.41, 5.74) is 3.76. The Morgan fingerprint density at radius 2 is 1.93 bits per heavy atom. The number of hydrogen-bond donors (Lipinski definition) is 1. The van der Waals surface area contributed by atoms with E-state index in [0.29, 0.717) is 17.3 Å². The summed E-state index contributed by atoms with van der Waals surface area (Å²) < 4.78 is 15.1. The van der Waals surface area contributed by atoms with Gasteiger partial charge in [0.2, 0.25) is 5.95 Å². The number of rotatable bonds is 5. The molecule has 0 aliphatic rings. The summed E-state index contributed by atoms with van der Waals surface area (Å²) in [6.07, 6.45) is 4.62. The molecular formula is C20H19FN6. The number of aryl methyl sites for hydroxylation is 1. The largest absolute Gasteiger partial charge is 0.354 e. The molecule has 27 heavy (non-hydrogen) atoms. The summed E-state index contributed by atoms with van der Waals surface area (Å²) in [7, 11) is 1.86. The van der Waals surface area contributed by atoms with E-state index in [4.69, 9.17) is 4.98 Å². The molecule has 0 radical (unpaired) electrons. The molecule has 0 aliphatic carbocycles. The van der Waals surface area contributed by atoms with E-state index in [1.54, 1.807) is 23.0 Å². The van der Waals surface area contributed by atoms with Gasteiger partial charge in [0.1, 0.15) is 5.82 Å². The van der Waals surface area contributed by atoms with E-state index in [1.165, 1.54) is 12.1 Å². The second kappa shape index (κ2) is 7.11. The quantitative estimate of drug-likeness (QED) is 0.580. The Hall–Kier alpha value is -3.35. The first-order valence-corrected chi connectivity index (χ1v) is 8.81. The van der Waals surface area contributed by atoms with Crippen molar-refractivity contribution in [1.82, 2.24) is 24.7 Å². The van der Waals surface area contributed by atoms with E-state index < -0.39 is 0 Å². The molecule has 0 aliphatic heterocycles. The van der Waals surface area contributed by atoms with E-state index >= 15 is 0 Å². The van der Waals surface area contributed by atoms with Crippen LogP contribution in [-0.4, -0.2) is 31.3 Å². The summed E-state index contributed by atoms with van der Waals surface area (Å²) in [5.74, 6) is 0.290. The Morgan fingerprint density at radius 3 is 2.70 bits per heavy atom. The fourth-order valence-electron chi connectivity index (χ4n) is 2.93. The molecule has 1 N–H and O–H groups in total. The summed E-state index contributed by atoms with van der Waals surface area (Å²) >= 11 is 0. The van der Waals surface area contributed by atoms with Crippen molar-refractivity contribution in [3.63, 3.8) is 0 Å². The molecule has 0 unspecified atom stereocenters. The van der Waals surface area contributed by atoms with Gasteiger partial charge < -0.3 is 5.32 Å². The molecule has 4 aromatic rings. The van der Waals surface area contributed by atoms with Crippen molar-refractivity contribution < 1.29 is 4.39 Å². The molecule has 3 aromatic heterocycles. The third-order valence-corrected chi connectivity index (χ3v) is 4.19. The molecule has 0 saturated heterocycles. The lowest BCUT2D eigenvalue weighted by molar-refractivity contribution is 0.628. The van der Waals surface area contributed by atoms with Crippen molar-refractivity contribution in [3.05, 3.63) is 54.6 Å². The first-order valence-electron chi connectivity index (χ1n) is 8.81. The topological polar surface area (TPSA) is 68.5 Å². The van der Waals surface area contributed by atoms with Crippen molar-refractivity contribution in [2.45, 2.75) is 13.3 Å². The standard InChI is InChI=1S/C20H19FN6/c1-3-9-22-20-23-10-8-17(24-20)16-11-14-12-27(2)26-19(14)25-18(16)13-4-6-15(21)7-5-13/h4-8,10-12H,3,9H2,1-2H3,(H,22,23,24). The zero-order valence-electron chi connectivity index (χ0n) is 15.1. The summed E-state index contributed by atoms with van der Waals surface area (Å²) in [6.45, 7) is 2.89. The molecule has 0 bridgehead atoms. The Kier molecular flexibility index (Phi) is 4.50. The number of hydrogen-bond acceptors (Lipinski definition) is 5. The van der Waals surface area contributed by atoms with Crippen molar-refractivity contribution >= 4 is 17.0 Å². The van der Waals surface area contributed by atoms with Crippen LogP contribution in [0, 0.1) is 5.82 Å². The van der Waals surface area contributed by atoms with E-state index in [-0.39, 0.29) is 5.82 Å². The molecule has 6 nitrogen and oxygen atoms in total. The number of aromatic nitrogens is 5. The predicted molar refractivity (Wildman–Crippen MR) is 104 cm³/mol. The smallest absolute Gasteiger partial charge is 0.223 e. The number of nitrogens with zero attached hydrogens (tertiary/aromatic N) is 5. The fourth-order valence-corrected chi connectivity index (χ4v) is 2.93. The number of anilines is 1. The average molecular weight is 362 g/mol. The van der Waals surface area contributed by atoms with Crippen LogP contribution in [0.25, 0.3) is 33.5 Å². The number of benzene rings is 1. The van der Waals surface area contributed by atoms with Crippen LogP contribution >= 0.6 is 0 Å². The van der Waals surface area contributed by atoms with Crippen molar-refractivity contribution in [2.24, 2.45) is 7.05 Å².